The molecule has 0 amide bonds. The molecule has 3 heteroatoms. The highest BCUT2D eigenvalue weighted by molar-refractivity contribution is 5.75. The number of carboxylic acids is 1. The summed E-state index contributed by atoms with van der Waals surface area (Å²) in [5.74, 6) is -0.866. The maximum absolute atomic E-state index is 11.7. The van der Waals surface area contributed by atoms with Gasteiger partial charge in [0.1, 0.15) is 0 Å². The Bertz CT molecular complexity index is 470. The molecule has 0 aliphatic carbocycles. The second kappa shape index (κ2) is 5.21. The summed E-state index contributed by atoms with van der Waals surface area (Å²) in [5, 5.41) is 9.60. The topological polar surface area (TPSA) is 63.3 Å². The van der Waals surface area contributed by atoms with E-state index in [9.17, 15) is 9.90 Å². The zero-order chi connectivity index (χ0) is 15.8. The van der Waals surface area contributed by atoms with E-state index in [0.29, 0.717) is 0 Å². The van der Waals surface area contributed by atoms with Crippen LogP contribution < -0.4 is 5.73 Å². The van der Waals surface area contributed by atoms with Crippen LogP contribution in [0.2, 0.25) is 0 Å². The van der Waals surface area contributed by atoms with Crippen molar-refractivity contribution in [1.82, 2.24) is 0 Å². The van der Waals surface area contributed by atoms with Crippen LogP contribution in [-0.4, -0.2) is 16.6 Å². The summed E-state index contributed by atoms with van der Waals surface area (Å²) in [5.41, 5.74) is 5.58. The third-order valence-electron chi connectivity index (χ3n) is 4.74. The normalized spacial score (nSPS) is 14.9. The first-order valence-electron chi connectivity index (χ1n) is 6.99. The Kier molecular flexibility index (Phi) is 4.35. The Morgan fingerprint density at radius 3 is 1.85 bits per heavy atom. The van der Waals surface area contributed by atoms with Gasteiger partial charge in [-0.25, -0.2) is 0 Å². The van der Waals surface area contributed by atoms with Gasteiger partial charge in [-0.1, -0.05) is 44.2 Å². The standard InChI is InChI=1S/C17H27NO2/c1-15(2,16(3,4)14(19)20)13(17(5,6)18)12-10-8-7-9-11-12/h7-11,13H,18H2,1-6H3,(H,19,20). The summed E-state index contributed by atoms with van der Waals surface area (Å²) in [4.78, 5) is 11.7. The molecular weight excluding hydrogens is 250 g/mol. The van der Waals surface area contributed by atoms with E-state index in [1.54, 1.807) is 13.8 Å². The van der Waals surface area contributed by atoms with Gasteiger partial charge in [-0.2, -0.15) is 0 Å². The zero-order valence-electron chi connectivity index (χ0n) is 13.4. The van der Waals surface area contributed by atoms with Crippen molar-refractivity contribution in [2.45, 2.75) is 53.0 Å². The van der Waals surface area contributed by atoms with Gasteiger partial charge in [-0.3, -0.25) is 4.79 Å². The third-order valence-corrected chi connectivity index (χ3v) is 4.74. The molecule has 1 aromatic carbocycles. The molecule has 0 saturated heterocycles. The van der Waals surface area contributed by atoms with Crippen LogP contribution in [0.25, 0.3) is 0 Å². The minimum absolute atomic E-state index is 0.0673. The van der Waals surface area contributed by atoms with E-state index in [1.165, 1.54) is 0 Å². The molecule has 0 radical (unpaired) electrons. The van der Waals surface area contributed by atoms with Crippen molar-refractivity contribution in [2.24, 2.45) is 16.6 Å². The van der Waals surface area contributed by atoms with E-state index in [4.69, 9.17) is 5.73 Å². The predicted octanol–water partition coefficient (Wildman–Crippen LogP) is 3.64. The summed E-state index contributed by atoms with van der Waals surface area (Å²) < 4.78 is 0. The van der Waals surface area contributed by atoms with Gasteiger partial charge in [-0.15, -0.1) is 0 Å². The Hall–Kier alpha value is -1.35. The molecule has 0 aliphatic rings. The van der Waals surface area contributed by atoms with Gasteiger partial charge in [0.25, 0.3) is 0 Å². The number of hydrogen-bond acceptors (Lipinski definition) is 2. The lowest BCUT2D eigenvalue weighted by Crippen LogP contribution is -2.53. The van der Waals surface area contributed by atoms with Crippen molar-refractivity contribution >= 4 is 5.97 Å². The smallest absolute Gasteiger partial charge is 0.309 e. The van der Waals surface area contributed by atoms with Crippen LogP contribution in [0, 0.1) is 10.8 Å². The van der Waals surface area contributed by atoms with Crippen LogP contribution >= 0.6 is 0 Å². The van der Waals surface area contributed by atoms with Gasteiger partial charge in [0.15, 0.2) is 0 Å². The maximum Gasteiger partial charge on any atom is 0.309 e. The lowest BCUT2D eigenvalue weighted by atomic mass is 9.55. The molecule has 3 nitrogen and oxygen atoms in total. The summed E-state index contributed by atoms with van der Waals surface area (Å²) in [6.45, 7) is 11.5. The number of benzene rings is 1. The number of hydrogen-bond donors (Lipinski definition) is 2. The minimum atomic E-state index is -0.885. The van der Waals surface area contributed by atoms with Crippen LogP contribution in [0.1, 0.15) is 53.0 Å². The Balaban J connectivity index is 3.44. The van der Waals surface area contributed by atoms with Crippen molar-refractivity contribution in [3.05, 3.63) is 35.9 Å². The SMILES string of the molecule is CC(C)(N)C(c1ccccc1)C(C)(C)C(C)(C)C(=O)O. The van der Waals surface area contributed by atoms with E-state index in [2.05, 4.69) is 0 Å². The summed E-state index contributed by atoms with van der Waals surface area (Å²) in [6.07, 6.45) is 0. The van der Waals surface area contributed by atoms with Crippen molar-refractivity contribution < 1.29 is 9.90 Å². The predicted molar refractivity (Wildman–Crippen MR) is 82.6 cm³/mol. The Labute approximate surface area is 122 Å². The average molecular weight is 277 g/mol. The molecular formula is C17H27NO2. The molecule has 0 aliphatic heterocycles. The Morgan fingerprint density at radius 1 is 1.05 bits per heavy atom. The van der Waals surface area contributed by atoms with E-state index >= 15 is 0 Å². The van der Waals surface area contributed by atoms with Gasteiger partial charge < -0.3 is 10.8 Å². The lowest BCUT2D eigenvalue weighted by molar-refractivity contribution is -0.155. The van der Waals surface area contributed by atoms with Crippen molar-refractivity contribution in [1.29, 1.82) is 0 Å². The van der Waals surface area contributed by atoms with Crippen molar-refractivity contribution in [3.8, 4) is 0 Å². The van der Waals surface area contributed by atoms with Crippen LogP contribution in [0.4, 0.5) is 0 Å². The van der Waals surface area contributed by atoms with E-state index in [0.717, 1.165) is 5.56 Å². The molecule has 0 spiro atoms. The summed E-state index contributed by atoms with van der Waals surface area (Å²) in [7, 11) is 0. The first-order valence-corrected chi connectivity index (χ1v) is 6.99. The van der Waals surface area contributed by atoms with Crippen LogP contribution in [-0.2, 0) is 4.79 Å². The lowest BCUT2D eigenvalue weighted by Gasteiger charge is -2.49. The quantitative estimate of drug-likeness (QED) is 0.863. The van der Waals surface area contributed by atoms with E-state index in [1.807, 2.05) is 58.0 Å². The highest BCUT2D eigenvalue weighted by Crippen LogP contribution is 2.52. The number of carboxylic acid groups (broad SMARTS) is 1. The molecule has 0 fully saturated rings. The second-order valence-corrected chi connectivity index (χ2v) is 7.32. The number of rotatable bonds is 5. The fourth-order valence-corrected chi connectivity index (χ4v) is 3.06. The molecule has 1 rings (SSSR count). The molecule has 0 saturated carbocycles. The number of carbonyl (C=O) groups is 1. The zero-order valence-corrected chi connectivity index (χ0v) is 13.4. The van der Waals surface area contributed by atoms with Crippen molar-refractivity contribution in [3.63, 3.8) is 0 Å². The fraction of sp³-hybridized carbons (Fsp3) is 0.588. The highest BCUT2D eigenvalue weighted by Gasteiger charge is 2.52. The first-order chi connectivity index (χ1) is 8.92. The van der Waals surface area contributed by atoms with Gasteiger partial charge in [0.05, 0.1) is 5.41 Å². The Morgan fingerprint density at radius 2 is 1.50 bits per heavy atom. The molecule has 0 heterocycles. The molecule has 3 N–H and O–H groups in total. The molecule has 112 valence electrons. The minimum Gasteiger partial charge on any atom is -0.481 e. The van der Waals surface area contributed by atoms with E-state index < -0.39 is 22.3 Å². The van der Waals surface area contributed by atoms with Crippen LogP contribution in [0.3, 0.4) is 0 Å². The summed E-state index contributed by atoms with van der Waals surface area (Å²) >= 11 is 0. The molecule has 0 aromatic heterocycles. The van der Waals surface area contributed by atoms with Crippen LogP contribution in [0.5, 0.6) is 0 Å². The van der Waals surface area contributed by atoms with Gasteiger partial charge >= 0.3 is 5.97 Å². The average Bonchev–Trinajstić information content (AvgIpc) is 2.27. The molecule has 1 atom stereocenters. The highest BCUT2D eigenvalue weighted by atomic mass is 16.4. The molecule has 20 heavy (non-hydrogen) atoms. The van der Waals surface area contributed by atoms with Gasteiger partial charge in [-0.05, 0) is 38.7 Å². The second-order valence-electron chi connectivity index (χ2n) is 7.32. The molecule has 1 aromatic rings. The maximum atomic E-state index is 11.7. The largest absolute Gasteiger partial charge is 0.481 e. The first kappa shape index (κ1) is 16.7. The van der Waals surface area contributed by atoms with Crippen molar-refractivity contribution in [2.75, 3.05) is 0 Å². The van der Waals surface area contributed by atoms with E-state index in [-0.39, 0.29) is 5.92 Å². The monoisotopic (exact) mass is 277 g/mol. The van der Waals surface area contributed by atoms with Crippen LogP contribution in [0.15, 0.2) is 30.3 Å². The molecule has 0 bridgehead atoms. The fourth-order valence-electron chi connectivity index (χ4n) is 3.06. The molecule has 1 unspecified atom stereocenters. The summed E-state index contributed by atoms with van der Waals surface area (Å²) in [6, 6.07) is 9.95. The van der Waals surface area contributed by atoms with Gasteiger partial charge in [0.2, 0.25) is 0 Å². The number of nitrogens with two attached hydrogens (primary N) is 1. The third kappa shape index (κ3) is 2.88. The van der Waals surface area contributed by atoms with Gasteiger partial charge in [0, 0.05) is 11.5 Å². The number of aliphatic carboxylic acids is 1.